The van der Waals surface area contributed by atoms with E-state index in [4.69, 9.17) is 4.74 Å². The summed E-state index contributed by atoms with van der Waals surface area (Å²) >= 11 is 0. The van der Waals surface area contributed by atoms with E-state index < -0.39 is 10.9 Å². The number of benzene rings is 1. The van der Waals surface area contributed by atoms with Gasteiger partial charge in [0.2, 0.25) is 10.9 Å². The number of hydrogen-bond acceptors (Lipinski definition) is 7. The quantitative estimate of drug-likeness (QED) is 0.673. The van der Waals surface area contributed by atoms with E-state index in [1.807, 2.05) is 0 Å². The number of carbonyl (C=O) groups excluding carboxylic acids is 2. The number of methoxy groups -OCH3 is 1. The molecule has 2 amide bonds. The summed E-state index contributed by atoms with van der Waals surface area (Å²) in [5.41, 5.74) is 0.899. The minimum absolute atomic E-state index is 0.222. The maximum Gasteiger partial charge on any atom is 0.274 e. The van der Waals surface area contributed by atoms with E-state index in [-0.39, 0.29) is 23.3 Å². The molecule has 0 radical (unpaired) electrons. The number of piperazine rings is 1. The fraction of sp³-hybridized carbons (Fsp3) is 0.294. The van der Waals surface area contributed by atoms with Crippen molar-refractivity contribution >= 4 is 28.4 Å². The molecule has 0 atom stereocenters. The lowest BCUT2D eigenvalue weighted by molar-refractivity contribution is 0.0530. The van der Waals surface area contributed by atoms with Crippen LogP contribution in [0.5, 0.6) is 5.75 Å². The number of rotatable bonds is 5. The predicted molar refractivity (Wildman–Crippen MR) is 101 cm³/mol. The first kappa shape index (κ1) is 19.5. The van der Waals surface area contributed by atoms with Crippen molar-refractivity contribution in [3.63, 3.8) is 0 Å². The summed E-state index contributed by atoms with van der Waals surface area (Å²) in [6.45, 7) is 1.47. The Labute approximate surface area is 163 Å². The molecule has 2 aromatic rings. The summed E-state index contributed by atoms with van der Waals surface area (Å²) in [4.78, 5) is 36.4. The van der Waals surface area contributed by atoms with Crippen molar-refractivity contribution in [1.82, 2.24) is 19.8 Å². The second kappa shape index (κ2) is 8.65. The molecule has 10 nitrogen and oxygen atoms in total. The van der Waals surface area contributed by atoms with Crippen LogP contribution in [0.15, 0.2) is 36.8 Å². The molecule has 11 heteroatoms. The molecule has 1 fully saturated rings. The van der Waals surface area contributed by atoms with E-state index in [1.165, 1.54) is 43.9 Å². The highest BCUT2D eigenvalue weighted by molar-refractivity contribution is 7.73. The van der Waals surface area contributed by atoms with E-state index in [0.29, 0.717) is 37.4 Å². The van der Waals surface area contributed by atoms with Crippen molar-refractivity contribution in [1.29, 1.82) is 0 Å². The molecule has 1 saturated heterocycles. The van der Waals surface area contributed by atoms with E-state index >= 15 is 0 Å². The van der Waals surface area contributed by atoms with Crippen LogP contribution in [0.4, 0.5) is 5.69 Å². The third kappa shape index (κ3) is 4.36. The molecule has 1 aromatic heterocycles. The van der Waals surface area contributed by atoms with Crippen molar-refractivity contribution in [2.45, 2.75) is 0 Å². The summed E-state index contributed by atoms with van der Waals surface area (Å²) < 4.78 is 29.1. The fourth-order valence-electron chi connectivity index (χ4n) is 2.90. The van der Waals surface area contributed by atoms with E-state index in [2.05, 4.69) is 14.7 Å². The van der Waals surface area contributed by atoms with E-state index in [0.717, 1.165) is 0 Å². The van der Waals surface area contributed by atoms with Crippen LogP contribution < -0.4 is 9.46 Å². The van der Waals surface area contributed by atoms with Gasteiger partial charge in [0, 0.05) is 44.6 Å². The van der Waals surface area contributed by atoms with E-state index in [1.54, 1.807) is 9.80 Å². The average Bonchev–Trinajstić information content (AvgIpc) is 2.73. The van der Waals surface area contributed by atoms with Crippen LogP contribution in [-0.2, 0) is 10.9 Å². The standard InChI is InChI=1S/C17H19N5O5S/c1-27-15-10-12(20-28(25)26)2-3-13(15)16(23)21-6-8-22(9-7-21)17(24)14-11-18-4-5-19-14/h2-5,10-11,28H,6-9H2,1H3,(H,20,25,26). The average molecular weight is 405 g/mol. The van der Waals surface area contributed by atoms with Crippen LogP contribution in [0, 0.1) is 0 Å². The third-order valence-corrected chi connectivity index (χ3v) is 4.73. The first-order chi connectivity index (χ1) is 13.5. The number of thiol groups is 1. The van der Waals surface area contributed by atoms with Gasteiger partial charge in [0.25, 0.3) is 11.8 Å². The number of hydrogen-bond donors (Lipinski definition) is 2. The molecule has 0 saturated carbocycles. The number of amides is 2. The van der Waals surface area contributed by atoms with Crippen LogP contribution >= 0.6 is 0 Å². The Morgan fingerprint density at radius 2 is 1.75 bits per heavy atom. The minimum Gasteiger partial charge on any atom is -0.496 e. The van der Waals surface area contributed by atoms with Crippen molar-refractivity contribution in [2.24, 2.45) is 0 Å². The lowest BCUT2D eigenvalue weighted by Gasteiger charge is -2.34. The maximum atomic E-state index is 12.8. The molecule has 0 bridgehead atoms. The zero-order valence-electron chi connectivity index (χ0n) is 15.1. The van der Waals surface area contributed by atoms with Crippen molar-refractivity contribution in [3.8, 4) is 5.75 Å². The van der Waals surface area contributed by atoms with Gasteiger partial charge in [-0.3, -0.25) is 19.3 Å². The van der Waals surface area contributed by atoms with Gasteiger partial charge in [0.05, 0.1) is 24.6 Å². The van der Waals surface area contributed by atoms with Crippen LogP contribution in [0.3, 0.4) is 0 Å². The second-order valence-electron chi connectivity index (χ2n) is 5.96. The zero-order chi connectivity index (χ0) is 20.1. The Kier molecular flexibility index (Phi) is 6.04. The molecule has 0 unspecified atom stereocenters. The Morgan fingerprint density at radius 1 is 1.07 bits per heavy atom. The molecule has 1 N–H and O–H groups in total. The molecule has 0 aliphatic carbocycles. The fourth-order valence-corrected chi connectivity index (χ4v) is 3.25. The Bertz CT molecular complexity index is 934. The highest BCUT2D eigenvalue weighted by Crippen LogP contribution is 2.25. The smallest absolute Gasteiger partial charge is 0.274 e. The van der Waals surface area contributed by atoms with Gasteiger partial charge in [-0.1, -0.05) is 0 Å². The molecular weight excluding hydrogens is 386 g/mol. The summed E-state index contributed by atoms with van der Waals surface area (Å²) in [5.74, 6) is -0.202. The Hall–Kier alpha value is -3.21. The van der Waals surface area contributed by atoms with Gasteiger partial charge in [-0.15, -0.1) is 0 Å². The Morgan fingerprint density at radius 3 is 2.32 bits per heavy atom. The summed E-state index contributed by atoms with van der Waals surface area (Å²) in [5, 5.41) is 0. The largest absolute Gasteiger partial charge is 0.496 e. The van der Waals surface area contributed by atoms with Gasteiger partial charge in [-0.05, 0) is 12.1 Å². The molecule has 28 heavy (non-hydrogen) atoms. The molecule has 1 aliphatic heterocycles. The zero-order valence-corrected chi connectivity index (χ0v) is 16.0. The van der Waals surface area contributed by atoms with Gasteiger partial charge in [0.15, 0.2) is 0 Å². The van der Waals surface area contributed by atoms with Gasteiger partial charge < -0.3 is 14.5 Å². The Balaban J connectivity index is 1.67. The molecule has 3 rings (SSSR count). The first-order valence-electron chi connectivity index (χ1n) is 8.43. The SMILES string of the molecule is COc1cc(N[SH](=O)=O)ccc1C(=O)N1CCN(C(=O)c2cnccn2)CC1. The molecule has 1 aliphatic rings. The summed E-state index contributed by atoms with van der Waals surface area (Å²) in [6, 6.07) is 4.46. The lowest BCUT2D eigenvalue weighted by Crippen LogP contribution is -2.50. The number of ether oxygens (including phenoxy) is 1. The third-order valence-electron chi connectivity index (χ3n) is 4.29. The second-order valence-corrected chi connectivity index (χ2v) is 6.70. The number of nitrogens with one attached hydrogen (secondary N) is 1. The number of anilines is 1. The number of nitrogens with zero attached hydrogens (tertiary/aromatic N) is 4. The minimum atomic E-state index is -2.81. The first-order valence-corrected chi connectivity index (χ1v) is 9.61. The monoisotopic (exact) mass is 405 g/mol. The van der Waals surface area contributed by atoms with Gasteiger partial charge >= 0.3 is 0 Å². The summed E-state index contributed by atoms with van der Waals surface area (Å²) in [7, 11) is -1.40. The van der Waals surface area contributed by atoms with Crippen LogP contribution in [-0.4, -0.2) is 73.3 Å². The van der Waals surface area contributed by atoms with Gasteiger partial charge in [-0.25, -0.2) is 13.4 Å². The summed E-state index contributed by atoms with van der Waals surface area (Å²) in [6.07, 6.45) is 4.37. The molecular formula is C17H19N5O5S. The van der Waals surface area contributed by atoms with Crippen molar-refractivity contribution in [3.05, 3.63) is 48.0 Å². The number of carbonyl (C=O) groups is 2. The highest BCUT2D eigenvalue weighted by atomic mass is 32.2. The van der Waals surface area contributed by atoms with Gasteiger partial charge in [0.1, 0.15) is 11.4 Å². The lowest BCUT2D eigenvalue weighted by atomic mass is 10.1. The topological polar surface area (TPSA) is 122 Å². The molecule has 148 valence electrons. The van der Waals surface area contributed by atoms with Crippen LogP contribution in [0.2, 0.25) is 0 Å². The highest BCUT2D eigenvalue weighted by Gasteiger charge is 2.27. The van der Waals surface area contributed by atoms with E-state index in [9.17, 15) is 18.0 Å². The molecule has 0 spiro atoms. The van der Waals surface area contributed by atoms with Gasteiger partial charge in [-0.2, -0.15) is 0 Å². The maximum absolute atomic E-state index is 12.8. The van der Waals surface area contributed by atoms with Crippen LogP contribution in [0.25, 0.3) is 0 Å². The van der Waals surface area contributed by atoms with Crippen molar-refractivity contribution < 1.29 is 22.7 Å². The number of aromatic nitrogens is 2. The molecule has 1 aromatic carbocycles. The van der Waals surface area contributed by atoms with Crippen molar-refractivity contribution in [2.75, 3.05) is 38.0 Å². The normalized spacial score (nSPS) is 14.1. The predicted octanol–water partition coefficient (Wildman–Crippen LogP) is 0.0217. The van der Waals surface area contributed by atoms with Crippen LogP contribution in [0.1, 0.15) is 20.8 Å². The molecule has 2 heterocycles.